The van der Waals surface area contributed by atoms with Gasteiger partial charge in [-0.2, -0.15) is 10.4 Å². The number of anilines is 1. The first-order valence-electron chi connectivity index (χ1n) is 9.90. The van der Waals surface area contributed by atoms with E-state index in [1.54, 1.807) is 24.5 Å². The van der Waals surface area contributed by atoms with Gasteiger partial charge in [-0.05, 0) is 17.2 Å². The summed E-state index contributed by atoms with van der Waals surface area (Å²) in [6.07, 6.45) is 5.81. The van der Waals surface area contributed by atoms with Crippen LogP contribution in [-0.2, 0) is 7.05 Å². The molecule has 166 valence electrons. The van der Waals surface area contributed by atoms with Crippen LogP contribution in [-0.4, -0.2) is 35.9 Å². The van der Waals surface area contributed by atoms with Crippen LogP contribution in [0.2, 0.25) is 0 Å². The minimum atomic E-state index is -0.792. The van der Waals surface area contributed by atoms with E-state index in [0.717, 1.165) is 5.56 Å². The molecule has 4 aromatic rings. The fourth-order valence-electron chi connectivity index (χ4n) is 3.82. The van der Waals surface area contributed by atoms with E-state index in [4.69, 9.17) is 0 Å². The lowest BCUT2D eigenvalue weighted by atomic mass is 9.80. The van der Waals surface area contributed by atoms with Crippen molar-refractivity contribution in [1.82, 2.24) is 24.9 Å². The number of hydrogen-bond acceptors (Lipinski definition) is 8. The van der Waals surface area contributed by atoms with Crippen molar-refractivity contribution in [3.63, 3.8) is 0 Å². The van der Waals surface area contributed by atoms with E-state index < -0.39 is 34.7 Å². The number of amides is 1. The molecule has 0 bridgehead atoms. The van der Waals surface area contributed by atoms with Crippen LogP contribution in [0.1, 0.15) is 51.8 Å². The van der Waals surface area contributed by atoms with Crippen LogP contribution in [0.15, 0.2) is 58.4 Å². The zero-order valence-electron chi connectivity index (χ0n) is 17.7. The van der Waals surface area contributed by atoms with Crippen LogP contribution < -0.4 is 10.9 Å². The van der Waals surface area contributed by atoms with Gasteiger partial charge in [0, 0.05) is 25.1 Å². The van der Waals surface area contributed by atoms with E-state index in [1.165, 1.54) is 24.1 Å². The number of nitrogens with one attached hydrogen (secondary N) is 2. The van der Waals surface area contributed by atoms with E-state index in [2.05, 4.69) is 36.2 Å². The average Bonchev–Trinajstić information content (AvgIpc) is 3.53. The van der Waals surface area contributed by atoms with Gasteiger partial charge in [0.2, 0.25) is 5.75 Å². The van der Waals surface area contributed by atoms with Crippen LogP contribution in [0.4, 0.5) is 5.69 Å². The predicted octanol–water partition coefficient (Wildman–Crippen LogP) is 2.26. The molecule has 1 aromatic carbocycles. The summed E-state index contributed by atoms with van der Waals surface area (Å²) in [6.45, 7) is 1.83. The molecule has 0 aliphatic carbocycles. The third-order valence-electron chi connectivity index (χ3n) is 5.41. The molecule has 11 nitrogen and oxygen atoms in total. The summed E-state index contributed by atoms with van der Waals surface area (Å²) in [7, 11) is 1.46. The maximum atomic E-state index is 12.8. The Morgan fingerprint density at radius 3 is 2.79 bits per heavy atom. The summed E-state index contributed by atoms with van der Waals surface area (Å²) >= 11 is 0. The Labute approximate surface area is 187 Å². The molecule has 0 spiro atoms. The molecular formula is C22H19N7O4. The first-order chi connectivity index (χ1) is 15.9. The third kappa shape index (κ3) is 3.97. The lowest BCUT2D eigenvalue weighted by Crippen LogP contribution is -2.29. The van der Waals surface area contributed by atoms with Gasteiger partial charge in [0.15, 0.2) is 5.69 Å². The molecule has 3 heterocycles. The molecule has 3 aromatic heterocycles. The largest absolute Gasteiger partial charge is 0.501 e. The number of aromatic hydroxyl groups is 1. The molecule has 1 amide bonds. The number of rotatable bonds is 6. The van der Waals surface area contributed by atoms with Crippen LogP contribution >= 0.6 is 0 Å². The van der Waals surface area contributed by atoms with E-state index in [9.17, 15) is 20.0 Å². The Bertz CT molecular complexity index is 1390. The molecule has 4 rings (SSSR count). The third-order valence-corrected chi connectivity index (χ3v) is 5.41. The lowest BCUT2D eigenvalue weighted by molar-refractivity contribution is 0.101. The Balaban J connectivity index is 1.84. The van der Waals surface area contributed by atoms with Gasteiger partial charge in [-0.25, -0.2) is 4.98 Å². The Kier molecular flexibility index (Phi) is 5.73. The van der Waals surface area contributed by atoms with Gasteiger partial charge in [0.1, 0.15) is 17.8 Å². The molecule has 0 aliphatic heterocycles. The van der Waals surface area contributed by atoms with Crippen molar-refractivity contribution >= 4 is 11.6 Å². The van der Waals surface area contributed by atoms with Crippen molar-refractivity contribution in [2.24, 2.45) is 7.05 Å². The number of benzene rings is 1. The number of hydrogen-bond donors (Lipinski definition) is 3. The summed E-state index contributed by atoms with van der Waals surface area (Å²) in [5.41, 5.74) is 0.984. The lowest BCUT2D eigenvalue weighted by Gasteiger charge is -2.26. The second-order valence-electron chi connectivity index (χ2n) is 7.40. The molecule has 0 aliphatic rings. The van der Waals surface area contributed by atoms with Crippen LogP contribution in [0, 0.1) is 11.3 Å². The van der Waals surface area contributed by atoms with Gasteiger partial charge in [0.25, 0.3) is 11.5 Å². The summed E-state index contributed by atoms with van der Waals surface area (Å²) < 4.78 is 5.87. The number of carbonyl (C=O) groups excluding carboxylic acids is 1. The zero-order valence-corrected chi connectivity index (χ0v) is 17.7. The van der Waals surface area contributed by atoms with Gasteiger partial charge >= 0.3 is 0 Å². The molecule has 33 heavy (non-hydrogen) atoms. The quantitative estimate of drug-likeness (QED) is 0.407. The average molecular weight is 445 g/mol. The fourth-order valence-corrected chi connectivity index (χ4v) is 3.82. The molecule has 0 saturated carbocycles. The van der Waals surface area contributed by atoms with Crippen molar-refractivity contribution in [3.05, 3.63) is 87.7 Å². The van der Waals surface area contributed by atoms with Crippen molar-refractivity contribution < 1.29 is 14.4 Å². The van der Waals surface area contributed by atoms with Crippen molar-refractivity contribution in [3.8, 4) is 11.8 Å². The zero-order chi connectivity index (χ0) is 23.5. The monoisotopic (exact) mass is 445 g/mol. The highest BCUT2D eigenvalue weighted by Gasteiger charge is 2.31. The van der Waals surface area contributed by atoms with E-state index in [1.807, 2.05) is 19.1 Å². The van der Waals surface area contributed by atoms with E-state index in [0.29, 0.717) is 11.1 Å². The second kappa shape index (κ2) is 8.80. The molecule has 3 N–H and O–H groups in total. The molecule has 2 atom stereocenters. The molecule has 0 saturated heterocycles. The minimum absolute atomic E-state index is 0.243. The van der Waals surface area contributed by atoms with Gasteiger partial charge < -0.3 is 14.9 Å². The molecular weight excluding hydrogens is 426 g/mol. The predicted molar refractivity (Wildman–Crippen MR) is 116 cm³/mol. The van der Waals surface area contributed by atoms with Crippen molar-refractivity contribution in [2.75, 3.05) is 5.32 Å². The second-order valence-corrected chi connectivity index (χ2v) is 7.40. The fraction of sp³-hybridized carbons (Fsp3) is 0.182. The van der Waals surface area contributed by atoms with Crippen LogP contribution in [0.5, 0.6) is 5.75 Å². The maximum absolute atomic E-state index is 12.8. The van der Waals surface area contributed by atoms with Crippen LogP contribution in [0.25, 0.3) is 0 Å². The highest BCUT2D eigenvalue weighted by Crippen LogP contribution is 2.38. The Hall–Kier alpha value is -4.72. The first kappa shape index (κ1) is 21.5. The molecule has 11 heteroatoms. The van der Waals surface area contributed by atoms with E-state index >= 15 is 0 Å². The Morgan fingerprint density at radius 1 is 1.33 bits per heavy atom. The van der Waals surface area contributed by atoms with Gasteiger partial charge in [0.05, 0.1) is 24.0 Å². The van der Waals surface area contributed by atoms with Gasteiger partial charge in [-0.15, -0.1) is 0 Å². The molecule has 0 fully saturated rings. The maximum Gasteiger partial charge on any atom is 0.296 e. The smallest absolute Gasteiger partial charge is 0.296 e. The van der Waals surface area contributed by atoms with Crippen molar-refractivity contribution in [1.29, 1.82) is 5.26 Å². The summed E-state index contributed by atoms with van der Waals surface area (Å²) in [4.78, 5) is 29.9. The number of nitrogens with zero attached hydrogens (tertiary/aromatic N) is 5. The first-order valence-corrected chi connectivity index (χ1v) is 9.90. The standard InChI is InChI=1S/C22H19N7O4/c1-12(17(14-8-24-25-9-14)16-6-4-3-5-13(16)7-23)20-28-18(19(30)22(32)29(20)2)21(31)27-15-10-26-33-11-15/h3-6,8-12,17,30H,1-2H3,(H,24,25)(H,27,31)/t12-,17+/m0/s1. The summed E-state index contributed by atoms with van der Waals surface area (Å²) in [5.74, 6) is -2.24. The SMILES string of the molecule is C[C@H](c1nc(C(=O)Nc2cnoc2)c(O)c(=O)n1C)[C@H](c1cn[nH]c1)c1ccccc1C#N. The summed E-state index contributed by atoms with van der Waals surface area (Å²) in [6, 6.07) is 9.31. The Morgan fingerprint density at radius 2 is 2.12 bits per heavy atom. The normalized spacial score (nSPS) is 12.6. The van der Waals surface area contributed by atoms with Crippen LogP contribution in [0.3, 0.4) is 0 Å². The summed E-state index contributed by atoms with van der Waals surface area (Å²) in [5, 5.41) is 32.8. The number of nitriles is 1. The highest BCUT2D eigenvalue weighted by molar-refractivity contribution is 6.04. The number of aromatic amines is 1. The van der Waals surface area contributed by atoms with Gasteiger partial charge in [-0.1, -0.05) is 30.3 Å². The molecule has 0 radical (unpaired) electrons. The minimum Gasteiger partial charge on any atom is -0.501 e. The van der Waals surface area contributed by atoms with Gasteiger partial charge in [-0.3, -0.25) is 19.3 Å². The van der Waals surface area contributed by atoms with Crippen molar-refractivity contribution in [2.45, 2.75) is 18.8 Å². The number of H-pyrrole nitrogens is 1. The molecule has 0 unspecified atom stereocenters. The number of carbonyl (C=O) groups is 1. The topological polar surface area (TPSA) is 163 Å². The van der Waals surface area contributed by atoms with E-state index in [-0.39, 0.29) is 11.5 Å². The highest BCUT2D eigenvalue weighted by atomic mass is 16.5. The number of aromatic nitrogens is 5.